The van der Waals surface area contributed by atoms with E-state index in [9.17, 15) is 0 Å². The lowest BCUT2D eigenvalue weighted by Gasteiger charge is -2.08. The Bertz CT molecular complexity index is 509. The SMILES string of the molecule is Cc1ccc(-n2nnnc2C(C)Cl)c(Br)c1. The topological polar surface area (TPSA) is 43.6 Å². The number of hydrogen-bond donors (Lipinski definition) is 0. The van der Waals surface area contributed by atoms with Crippen molar-refractivity contribution in [2.24, 2.45) is 0 Å². The summed E-state index contributed by atoms with van der Waals surface area (Å²) in [5.41, 5.74) is 2.06. The summed E-state index contributed by atoms with van der Waals surface area (Å²) < 4.78 is 2.58. The zero-order chi connectivity index (χ0) is 11.7. The molecule has 1 atom stereocenters. The van der Waals surface area contributed by atoms with Crippen LogP contribution in [0, 0.1) is 6.92 Å². The van der Waals surface area contributed by atoms with Crippen molar-refractivity contribution in [1.29, 1.82) is 0 Å². The predicted molar refractivity (Wildman–Crippen MR) is 65.9 cm³/mol. The molecule has 0 saturated carbocycles. The van der Waals surface area contributed by atoms with E-state index >= 15 is 0 Å². The minimum atomic E-state index is -0.233. The highest BCUT2D eigenvalue weighted by Crippen LogP contribution is 2.25. The number of alkyl halides is 1. The predicted octanol–water partition coefficient (Wildman–Crippen LogP) is 3.03. The van der Waals surface area contributed by atoms with Gasteiger partial charge in [-0.3, -0.25) is 0 Å². The Morgan fingerprint density at radius 3 is 2.81 bits per heavy atom. The Hall–Kier alpha value is -0.940. The summed E-state index contributed by atoms with van der Waals surface area (Å²) in [6.07, 6.45) is 0. The molecule has 0 radical (unpaired) electrons. The third-order valence-electron chi connectivity index (χ3n) is 2.18. The quantitative estimate of drug-likeness (QED) is 0.801. The van der Waals surface area contributed by atoms with Crippen molar-refractivity contribution in [3.05, 3.63) is 34.1 Å². The van der Waals surface area contributed by atoms with Crippen molar-refractivity contribution < 1.29 is 0 Å². The molecule has 0 spiro atoms. The van der Waals surface area contributed by atoms with Gasteiger partial charge in [-0.05, 0) is 57.9 Å². The zero-order valence-electron chi connectivity index (χ0n) is 8.85. The van der Waals surface area contributed by atoms with Crippen LogP contribution in [-0.2, 0) is 0 Å². The number of hydrogen-bond acceptors (Lipinski definition) is 3. The molecule has 16 heavy (non-hydrogen) atoms. The molecular formula is C10H10BrClN4. The maximum Gasteiger partial charge on any atom is 0.174 e. The summed E-state index contributed by atoms with van der Waals surface area (Å²) in [7, 11) is 0. The molecule has 0 aliphatic rings. The van der Waals surface area contributed by atoms with Crippen LogP contribution in [0.3, 0.4) is 0 Å². The van der Waals surface area contributed by atoms with Crippen LogP contribution in [0.2, 0.25) is 0 Å². The highest BCUT2D eigenvalue weighted by Gasteiger charge is 2.14. The summed E-state index contributed by atoms with van der Waals surface area (Å²) >= 11 is 9.50. The van der Waals surface area contributed by atoms with Crippen LogP contribution in [0.4, 0.5) is 0 Å². The number of nitrogens with zero attached hydrogens (tertiary/aromatic N) is 4. The van der Waals surface area contributed by atoms with Gasteiger partial charge in [0.2, 0.25) is 0 Å². The Balaban J connectivity index is 2.54. The van der Waals surface area contributed by atoms with Gasteiger partial charge in [0.05, 0.1) is 11.1 Å². The van der Waals surface area contributed by atoms with Crippen LogP contribution in [0.15, 0.2) is 22.7 Å². The lowest BCUT2D eigenvalue weighted by molar-refractivity contribution is 0.758. The standard InChI is InChI=1S/C10H10BrClN4/c1-6-3-4-9(8(11)5-6)16-10(7(2)12)13-14-15-16/h3-5,7H,1-2H3. The zero-order valence-corrected chi connectivity index (χ0v) is 11.2. The second kappa shape index (κ2) is 4.51. The van der Waals surface area contributed by atoms with Gasteiger partial charge in [0.15, 0.2) is 5.82 Å². The molecule has 1 aromatic carbocycles. The molecule has 2 rings (SSSR count). The Labute approximate surface area is 107 Å². The van der Waals surface area contributed by atoms with E-state index in [-0.39, 0.29) is 5.38 Å². The van der Waals surface area contributed by atoms with Gasteiger partial charge in [0, 0.05) is 4.47 Å². The van der Waals surface area contributed by atoms with Crippen LogP contribution < -0.4 is 0 Å². The van der Waals surface area contributed by atoms with Gasteiger partial charge >= 0.3 is 0 Å². The normalized spacial score (nSPS) is 12.8. The fraction of sp³-hybridized carbons (Fsp3) is 0.300. The van der Waals surface area contributed by atoms with Crippen molar-refractivity contribution in [3.63, 3.8) is 0 Å². The first kappa shape index (κ1) is 11.5. The summed E-state index contributed by atoms with van der Waals surface area (Å²) in [6, 6.07) is 5.97. The summed E-state index contributed by atoms with van der Waals surface area (Å²) in [5, 5.41) is 11.3. The molecule has 1 heterocycles. The van der Waals surface area contributed by atoms with Crippen molar-refractivity contribution in [1.82, 2.24) is 20.2 Å². The fourth-order valence-corrected chi connectivity index (χ4v) is 2.19. The van der Waals surface area contributed by atoms with Crippen LogP contribution in [0.5, 0.6) is 0 Å². The third kappa shape index (κ3) is 2.10. The van der Waals surface area contributed by atoms with Crippen LogP contribution in [-0.4, -0.2) is 20.2 Å². The molecule has 0 fully saturated rings. The van der Waals surface area contributed by atoms with Gasteiger partial charge in [-0.25, -0.2) is 0 Å². The summed E-state index contributed by atoms with van der Waals surface area (Å²) in [4.78, 5) is 0. The number of benzene rings is 1. The maximum atomic E-state index is 6.00. The molecule has 0 bridgehead atoms. The highest BCUT2D eigenvalue weighted by atomic mass is 79.9. The van der Waals surface area contributed by atoms with Gasteiger partial charge in [0.1, 0.15) is 0 Å². The average molecular weight is 302 g/mol. The minimum Gasteiger partial charge on any atom is -0.195 e. The number of rotatable bonds is 2. The smallest absolute Gasteiger partial charge is 0.174 e. The largest absolute Gasteiger partial charge is 0.195 e. The van der Waals surface area contributed by atoms with E-state index in [1.54, 1.807) is 4.68 Å². The molecule has 2 aromatic rings. The maximum absolute atomic E-state index is 6.00. The Morgan fingerprint density at radius 2 is 2.19 bits per heavy atom. The molecule has 84 valence electrons. The first-order valence-corrected chi connectivity index (χ1v) is 6.01. The lowest BCUT2D eigenvalue weighted by Crippen LogP contribution is -2.04. The van der Waals surface area contributed by atoms with Crippen molar-refractivity contribution >= 4 is 27.5 Å². The third-order valence-corrected chi connectivity index (χ3v) is 3.01. The monoisotopic (exact) mass is 300 g/mol. The van der Waals surface area contributed by atoms with Gasteiger partial charge in [-0.1, -0.05) is 6.07 Å². The van der Waals surface area contributed by atoms with E-state index in [1.165, 1.54) is 5.56 Å². The molecule has 6 heteroatoms. The minimum absolute atomic E-state index is 0.233. The fourth-order valence-electron chi connectivity index (χ4n) is 1.40. The van der Waals surface area contributed by atoms with E-state index in [0.717, 1.165) is 10.2 Å². The van der Waals surface area contributed by atoms with E-state index in [2.05, 4.69) is 31.5 Å². The van der Waals surface area contributed by atoms with Gasteiger partial charge < -0.3 is 0 Å². The molecule has 0 saturated heterocycles. The van der Waals surface area contributed by atoms with Crippen LogP contribution in [0.25, 0.3) is 5.69 Å². The van der Waals surface area contributed by atoms with E-state index < -0.39 is 0 Å². The van der Waals surface area contributed by atoms with E-state index in [0.29, 0.717) is 5.82 Å². The lowest BCUT2D eigenvalue weighted by atomic mass is 10.2. The van der Waals surface area contributed by atoms with Crippen molar-refractivity contribution in [2.75, 3.05) is 0 Å². The number of aryl methyl sites for hydroxylation is 1. The molecular weight excluding hydrogens is 291 g/mol. The summed E-state index contributed by atoms with van der Waals surface area (Å²) in [5.74, 6) is 0.631. The summed E-state index contributed by atoms with van der Waals surface area (Å²) in [6.45, 7) is 3.87. The number of tetrazole rings is 1. The van der Waals surface area contributed by atoms with Crippen LogP contribution >= 0.6 is 27.5 Å². The molecule has 4 nitrogen and oxygen atoms in total. The highest BCUT2D eigenvalue weighted by molar-refractivity contribution is 9.10. The second-order valence-corrected chi connectivity index (χ2v) is 5.03. The number of aromatic nitrogens is 4. The molecule has 0 amide bonds. The second-order valence-electron chi connectivity index (χ2n) is 3.52. The molecule has 0 aliphatic carbocycles. The molecule has 0 N–H and O–H groups in total. The Kier molecular flexibility index (Phi) is 3.25. The molecule has 0 aliphatic heterocycles. The molecule has 1 unspecified atom stereocenters. The van der Waals surface area contributed by atoms with Gasteiger partial charge in [-0.15, -0.1) is 16.7 Å². The van der Waals surface area contributed by atoms with Gasteiger partial charge in [0.25, 0.3) is 0 Å². The Morgan fingerprint density at radius 1 is 1.44 bits per heavy atom. The van der Waals surface area contributed by atoms with E-state index in [4.69, 9.17) is 11.6 Å². The van der Waals surface area contributed by atoms with Crippen molar-refractivity contribution in [2.45, 2.75) is 19.2 Å². The van der Waals surface area contributed by atoms with E-state index in [1.807, 2.05) is 32.0 Å². The van der Waals surface area contributed by atoms with Gasteiger partial charge in [-0.2, -0.15) is 4.68 Å². The van der Waals surface area contributed by atoms with Crippen molar-refractivity contribution in [3.8, 4) is 5.69 Å². The first-order chi connectivity index (χ1) is 7.59. The average Bonchev–Trinajstić information content (AvgIpc) is 2.66. The first-order valence-electron chi connectivity index (χ1n) is 4.78. The number of halogens is 2. The van der Waals surface area contributed by atoms with Crippen LogP contribution in [0.1, 0.15) is 23.7 Å². The molecule has 1 aromatic heterocycles.